The highest BCUT2D eigenvalue weighted by Crippen LogP contribution is 2.40. The zero-order valence-corrected chi connectivity index (χ0v) is 25.4. The molecular formula is C34H40N4O4. The van der Waals surface area contributed by atoms with Gasteiger partial charge in [0.25, 0.3) is 5.91 Å². The van der Waals surface area contributed by atoms with Crippen molar-refractivity contribution in [2.24, 2.45) is 7.05 Å². The Bertz CT molecular complexity index is 1540. The third-order valence-corrected chi connectivity index (χ3v) is 7.85. The Morgan fingerprint density at radius 3 is 2.31 bits per heavy atom. The average Bonchev–Trinajstić information content (AvgIpc) is 3.78. The summed E-state index contributed by atoms with van der Waals surface area (Å²) in [4.78, 5) is 18.2. The minimum absolute atomic E-state index is 0.102. The van der Waals surface area contributed by atoms with Crippen LogP contribution in [0.4, 0.5) is 5.69 Å². The Morgan fingerprint density at radius 2 is 1.64 bits per heavy atom. The Morgan fingerprint density at radius 1 is 0.905 bits per heavy atom. The predicted octanol–water partition coefficient (Wildman–Crippen LogP) is 6.11. The van der Waals surface area contributed by atoms with E-state index in [0.717, 1.165) is 47.6 Å². The minimum Gasteiger partial charge on any atom is -0.497 e. The van der Waals surface area contributed by atoms with E-state index >= 15 is 0 Å². The molecule has 0 aliphatic heterocycles. The minimum atomic E-state index is -0.102. The number of benzene rings is 3. The van der Waals surface area contributed by atoms with Crippen molar-refractivity contribution >= 4 is 11.6 Å². The van der Waals surface area contributed by atoms with Gasteiger partial charge in [-0.2, -0.15) is 5.10 Å². The maximum atomic E-state index is 14.2. The van der Waals surface area contributed by atoms with Crippen LogP contribution in [0.3, 0.4) is 0 Å². The van der Waals surface area contributed by atoms with Crippen LogP contribution < -0.4 is 19.1 Å². The Hall–Kier alpha value is -4.46. The summed E-state index contributed by atoms with van der Waals surface area (Å²) in [5.41, 5.74) is 6.75. The first kappa shape index (κ1) is 29.0. The number of carbonyl (C=O) groups excluding carboxylic acids is 1. The molecule has 1 heterocycles. The zero-order chi connectivity index (χ0) is 29.8. The molecule has 1 amide bonds. The molecule has 1 aromatic heterocycles. The molecule has 1 aliphatic carbocycles. The number of aromatic nitrogens is 2. The van der Waals surface area contributed by atoms with Crippen molar-refractivity contribution in [3.8, 4) is 17.2 Å². The fraction of sp³-hybridized carbons (Fsp3) is 0.353. The molecule has 3 aromatic carbocycles. The second-order valence-corrected chi connectivity index (χ2v) is 11.0. The van der Waals surface area contributed by atoms with E-state index in [0.29, 0.717) is 36.2 Å². The van der Waals surface area contributed by atoms with E-state index in [1.807, 2.05) is 48.3 Å². The number of ether oxygens (including phenoxy) is 3. The van der Waals surface area contributed by atoms with Crippen molar-refractivity contribution in [2.75, 3.05) is 33.3 Å². The maximum Gasteiger partial charge on any atom is 0.272 e. The molecule has 0 radical (unpaired) electrons. The lowest BCUT2D eigenvalue weighted by atomic mass is 10.1. The predicted molar refractivity (Wildman–Crippen MR) is 165 cm³/mol. The number of nitrogens with zero attached hydrogens (tertiary/aromatic N) is 4. The summed E-state index contributed by atoms with van der Waals surface area (Å²) in [7, 11) is 8.83. The van der Waals surface area contributed by atoms with E-state index in [-0.39, 0.29) is 5.91 Å². The molecule has 1 saturated carbocycles. The third kappa shape index (κ3) is 6.38. The van der Waals surface area contributed by atoms with Crippen LogP contribution in [-0.4, -0.2) is 49.0 Å². The average molecular weight is 569 g/mol. The molecule has 8 heteroatoms. The zero-order valence-electron chi connectivity index (χ0n) is 25.4. The summed E-state index contributed by atoms with van der Waals surface area (Å²) in [6.07, 6.45) is 2.25. The number of amides is 1. The summed E-state index contributed by atoms with van der Waals surface area (Å²) in [6.45, 7) is 3.49. The van der Waals surface area contributed by atoms with Crippen LogP contribution in [0.2, 0.25) is 0 Å². The van der Waals surface area contributed by atoms with Gasteiger partial charge in [-0.1, -0.05) is 42.0 Å². The smallest absolute Gasteiger partial charge is 0.272 e. The number of anilines is 1. The molecule has 0 atom stereocenters. The van der Waals surface area contributed by atoms with Gasteiger partial charge < -0.3 is 24.0 Å². The molecular weight excluding hydrogens is 528 g/mol. The van der Waals surface area contributed by atoms with Gasteiger partial charge in [0.2, 0.25) is 0 Å². The van der Waals surface area contributed by atoms with Gasteiger partial charge >= 0.3 is 0 Å². The normalized spacial score (nSPS) is 12.6. The van der Waals surface area contributed by atoms with E-state index < -0.39 is 0 Å². The fourth-order valence-electron chi connectivity index (χ4n) is 5.31. The Labute approximate surface area is 248 Å². The number of para-hydroxylation sites is 1. The molecule has 0 bridgehead atoms. The summed E-state index contributed by atoms with van der Waals surface area (Å²) in [5.74, 6) is 2.45. The van der Waals surface area contributed by atoms with Gasteiger partial charge in [0.1, 0.15) is 22.9 Å². The Kier molecular flexibility index (Phi) is 8.71. The van der Waals surface area contributed by atoms with Gasteiger partial charge in [0.15, 0.2) is 0 Å². The largest absolute Gasteiger partial charge is 0.497 e. The highest BCUT2D eigenvalue weighted by Gasteiger charge is 2.30. The van der Waals surface area contributed by atoms with Crippen LogP contribution in [0.25, 0.3) is 0 Å². The van der Waals surface area contributed by atoms with Gasteiger partial charge in [0, 0.05) is 43.8 Å². The number of hydrogen-bond donors (Lipinski definition) is 0. The van der Waals surface area contributed by atoms with Gasteiger partial charge in [0.05, 0.1) is 45.8 Å². The third-order valence-electron chi connectivity index (χ3n) is 7.85. The van der Waals surface area contributed by atoms with Crippen LogP contribution in [0, 0.1) is 6.92 Å². The van der Waals surface area contributed by atoms with E-state index in [2.05, 4.69) is 54.3 Å². The van der Waals surface area contributed by atoms with E-state index in [1.165, 1.54) is 11.1 Å². The van der Waals surface area contributed by atoms with Crippen molar-refractivity contribution < 1.29 is 19.0 Å². The first-order chi connectivity index (χ1) is 20.3. The summed E-state index contributed by atoms with van der Waals surface area (Å²) in [5, 5.41) is 4.66. The second-order valence-electron chi connectivity index (χ2n) is 11.0. The fourth-order valence-corrected chi connectivity index (χ4v) is 5.31. The van der Waals surface area contributed by atoms with Gasteiger partial charge in [-0.05, 0) is 49.6 Å². The number of hydrogen-bond acceptors (Lipinski definition) is 6. The number of rotatable bonds is 12. The molecule has 1 aliphatic rings. The number of carbonyl (C=O) groups is 1. The molecule has 4 aromatic rings. The van der Waals surface area contributed by atoms with Gasteiger partial charge in [-0.15, -0.1) is 0 Å². The van der Waals surface area contributed by atoms with Crippen molar-refractivity contribution in [3.05, 3.63) is 100 Å². The Balaban J connectivity index is 1.48. The van der Waals surface area contributed by atoms with Crippen molar-refractivity contribution in [1.82, 2.24) is 14.7 Å². The molecule has 220 valence electrons. The molecule has 0 saturated heterocycles. The van der Waals surface area contributed by atoms with Crippen LogP contribution in [0.1, 0.15) is 57.2 Å². The summed E-state index contributed by atoms with van der Waals surface area (Å²) in [6, 6.07) is 22.3. The summed E-state index contributed by atoms with van der Waals surface area (Å²) >= 11 is 0. The topological polar surface area (TPSA) is 69.1 Å². The first-order valence-corrected chi connectivity index (χ1v) is 14.3. The molecule has 42 heavy (non-hydrogen) atoms. The van der Waals surface area contributed by atoms with Gasteiger partial charge in [-0.25, -0.2) is 0 Å². The number of aryl methyl sites for hydroxylation is 2. The standard InChI is InChI=1S/C34H40N4O4/c1-23-10-12-24(13-11-23)20-36(2)30-9-7-8-27(33(30)42-6)22-38(21-26-16-17-28(40-4)18-32(26)41-5)34(39)31-19-29(25-14-15-25)35-37(31)3/h7-13,16-19,25H,14-15,20-22H2,1-6H3. The molecule has 1 fully saturated rings. The lowest BCUT2D eigenvalue weighted by molar-refractivity contribution is 0.0716. The van der Waals surface area contributed by atoms with Crippen LogP contribution in [0.15, 0.2) is 66.7 Å². The van der Waals surface area contributed by atoms with Crippen molar-refractivity contribution in [1.29, 1.82) is 0 Å². The summed E-state index contributed by atoms with van der Waals surface area (Å²) < 4.78 is 18.8. The van der Waals surface area contributed by atoms with Crippen LogP contribution >= 0.6 is 0 Å². The first-order valence-electron chi connectivity index (χ1n) is 14.3. The highest BCUT2D eigenvalue weighted by atomic mass is 16.5. The SMILES string of the molecule is COc1ccc(CN(Cc2cccc(N(C)Cc3ccc(C)cc3)c2OC)C(=O)c2cc(C3CC3)nn2C)c(OC)c1. The molecule has 0 N–H and O–H groups in total. The lowest BCUT2D eigenvalue weighted by Gasteiger charge is -2.27. The molecule has 5 rings (SSSR count). The molecule has 0 spiro atoms. The second kappa shape index (κ2) is 12.6. The lowest BCUT2D eigenvalue weighted by Crippen LogP contribution is -2.32. The molecule has 8 nitrogen and oxygen atoms in total. The quantitative estimate of drug-likeness (QED) is 0.205. The van der Waals surface area contributed by atoms with Crippen molar-refractivity contribution in [2.45, 2.75) is 45.3 Å². The number of methoxy groups -OCH3 is 3. The monoisotopic (exact) mass is 568 g/mol. The van der Waals surface area contributed by atoms with E-state index in [1.54, 1.807) is 26.0 Å². The van der Waals surface area contributed by atoms with Crippen LogP contribution in [0.5, 0.6) is 17.2 Å². The highest BCUT2D eigenvalue weighted by molar-refractivity contribution is 5.93. The van der Waals surface area contributed by atoms with Crippen LogP contribution in [-0.2, 0) is 26.7 Å². The van der Waals surface area contributed by atoms with Gasteiger partial charge in [-0.3, -0.25) is 9.48 Å². The van der Waals surface area contributed by atoms with Crippen molar-refractivity contribution in [3.63, 3.8) is 0 Å². The maximum absolute atomic E-state index is 14.2. The van der Waals surface area contributed by atoms with E-state index in [9.17, 15) is 4.79 Å². The van der Waals surface area contributed by atoms with E-state index in [4.69, 9.17) is 14.2 Å². The molecule has 0 unspecified atom stereocenters.